The maximum atomic E-state index is 13.2. The highest BCUT2D eigenvalue weighted by atomic mass is 16.5. The summed E-state index contributed by atoms with van der Waals surface area (Å²) in [5.41, 5.74) is 1.01. The summed E-state index contributed by atoms with van der Waals surface area (Å²) in [7, 11) is 6.90. The number of methoxy groups -OCH3 is 2. The molecule has 1 N–H and O–H groups in total. The van der Waals surface area contributed by atoms with E-state index in [1.165, 1.54) is 19.1 Å². The van der Waals surface area contributed by atoms with Gasteiger partial charge < -0.3 is 29.1 Å². The molecule has 1 aliphatic heterocycles. The first-order valence-electron chi connectivity index (χ1n) is 11.2. The van der Waals surface area contributed by atoms with Crippen LogP contribution in [0, 0.1) is 0 Å². The van der Waals surface area contributed by atoms with Gasteiger partial charge in [-0.05, 0) is 63.8 Å². The third-order valence-electron chi connectivity index (χ3n) is 5.69. The first kappa shape index (κ1) is 25.1. The standard InChI is InChI=1S/C26H32N2O6/c1-6-34-19-10-7-9-17(15-19)23-22(25(30)26(31)28(23)14-8-13-27(2)3)24(29)20-12-11-18(32-4)16-21(20)33-5/h7,9-12,15-16,23,29H,6,8,13-14H2,1-5H3/b24-22-. The predicted octanol–water partition coefficient (Wildman–Crippen LogP) is 3.48. The van der Waals surface area contributed by atoms with E-state index in [1.807, 2.05) is 44.1 Å². The lowest BCUT2D eigenvalue weighted by Gasteiger charge is -2.26. The van der Waals surface area contributed by atoms with Gasteiger partial charge in [-0.15, -0.1) is 0 Å². The van der Waals surface area contributed by atoms with E-state index in [4.69, 9.17) is 14.2 Å². The first-order valence-corrected chi connectivity index (χ1v) is 11.2. The van der Waals surface area contributed by atoms with Gasteiger partial charge in [-0.25, -0.2) is 0 Å². The van der Waals surface area contributed by atoms with E-state index in [0.717, 1.165) is 6.54 Å². The lowest BCUT2D eigenvalue weighted by molar-refractivity contribution is -0.139. The van der Waals surface area contributed by atoms with Gasteiger partial charge in [0.25, 0.3) is 11.7 Å². The van der Waals surface area contributed by atoms with Crippen LogP contribution in [-0.4, -0.2) is 74.6 Å². The van der Waals surface area contributed by atoms with Crippen LogP contribution in [0.25, 0.3) is 5.76 Å². The number of carbonyl (C=O) groups excluding carboxylic acids is 2. The Labute approximate surface area is 200 Å². The number of hydrogen-bond donors (Lipinski definition) is 1. The lowest BCUT2D eigenvalue weighted by atomic mass is 9.94. The summed E-state index contributed by atoms with van der Waals surface area (Å²) >= 11 is 0. The monoisotopic (exact) mass is 468 g/mol. The molecule has 8 heteroatoms. The van der Waals surface area contributed by atoms with Gasteiger partial charge in [0, 0.05) is 12.6 Å². The summed E-state index contributed by atoms with van der Waals surface area (Å²) in [4.78, 5) is 29.9. The normalized spacial score (nSPS) is 17.4. The van der Waals surface area contributed by atoms with Crippen LogP contribution >= 0.6 is 0 Å². The van der Waals surface area contributed by atoms with Crippen molar-refractivity contribution in [3.05, 3.63) is 59.2 Å². The zero-order chi connectivity index (χ0) is 24.8. The SMILES string of the molecule is CCOc1cccc(C2/C(=C(/O)c3ccc(OC)cc3OC)C(=O)C(=O)N2CCCN(C)C)c1. The highest BCUT2D eigenvalue weighted by Gasteiger charge is 2.46. The Morgan fingerprint density at radius 3 is 2.47 bits per heavy atom. The first-order chi connectivity index (χ1) is 16.3. The van der Waals surface area contributed by atoms with Crippen LogP contribution in [0.5, 0.6) is 17.2 Å². The van der Waals surface area contributed by atoms with Crippen molar-refractivity contribution in [3.63, 3.8) is 0 Å². The molecule has 0 saturated carbocycles. The minimum Gasteiger partial charge on any atom is -0.507 e. The third-order valence-corrected chi connectivity index (χ3v) is 5.69. The van der Waals surface area contributed by atoms with Crippen molar-refractivity contribution in [1.29, 1.82) is 0 Å². The molecule has 2 aromatic carbocycles. The molecule has 1 saturated heterocycles. The van der Waals surface area contributed by atoms with Crippen molar-refractivity contribution < 1.29 is 28.9 Å². The van der Waals surface area contributed by atoms with Gasteiger partial charge in [0.1, 0.15) is 23.0 Å². The Balaban J connectivity index is 2.16. The molecule has 1 heterocycles. The van der Waals surface area contributed by atoms with Crippen LogP contribution in [-0.2, 0) is 9.59 Å². The Morgan fingerprint density at radius 2 is 1.82 bits per heavy atom. The number of ether oxygens (including phenoxy) is 3. The van der Waals surface area contributed by atoms with E-state index in [2.05, 4.69) is 0 Å². The minimum atomic E-state index is -0.755. The van der Waals surface area contributed by atoms with Crippen molar-refractivity contribution in [2.24, 2.45) is 0 Å². The summed E-state index contributed by atoms with van der Waals surface area (Å²) in [6.45, 7) is 3.48. The van der Waals surface area contributed by atoms with Gasteiger partial charge >= 0.3 is 0 Å². The Bertz CT molecular complexity index is 1080. The quantitative estimate of drug-likeness (QED) is 0.324. The van der Waals surface area contributed by atoms with E-state index < -0.39 is 17.7 Å². The van der Waals surface area contributed by atoms with Gasteiger partial charge in [0.2, 0.25) is 0 Å². The summed E-state index contributed by atoms with van der Waals surface area (Å²) in [5.74, 6) is -0.164. The van der Waals surface area contributed by atoms with Crippen molar-refractivity contribution in [3.8, 4) is 17.2 Å². The molecule has 1 atom stereocenters. The molecule has 34 heavy (non-hydrogen) atoms. The number of aliphatic hydroxyl groups excluding tert-OH is 1. The maximum Gasteiger partial charge on any atom is 0.295 e. The number of benzene rings is 2. The molecule has 0 bridgehead atoms. The molecule has 1 amide bonds. The van der Waals surface area contributed by atoms with Crippen LogP contribution in [0.2, 0.25) is 0 Å². The summed E-state index contributed by atoms with van der Waals surface area (Å²) in [6, 6.07) is 11.4. The fourth-order valence-electron chi connectivity index (χ4n) is 4.09. The zero-order valence-electron chi connectivity index (χ0n) is 20.3. The van der Waals surface area contributed by atoms with Crippen molar-refractivity contribution in [2.45, 2.75) is 19.4 Å². The van der Waals surface area contributed by atoms with Crippen LogP contribution < -0.4 is 14.2 Å². The van der Waals surface area contributed by atoms with Crippen LogP contribution in [0.3, 0.4) is 0 Å². The maximum absolute atomic E-state index is 13.2. The Morgan fingerprint density at radius 1 is 1.06 bits per heavy atom. The van der Waals surface area contributed by atoms with Gasteiger partial charge in [-0.3, -0.25) is 9.59 Å². The smallest absolute Gasteiger partial charge is 0.295 e. The van der Waals surface area contributed by atoms with Crippen molar-refractivity contribution in [1.82, 2.24) is 9.80 Å². The predicted molar refractivity (Wildman–Crippen MR) is 129 cm³/mol. The minimum absolute atomic E-state index is 0.0203. The third kappa shape index (κ3) is 5.17. The largest absolute Gasteiger partial charge is 0.507 e. The molecule has 1 unspecified atom stereocenters. The highest BCUT2D eigenvalue weighted by Crippen LogP contribution is 2.42. The van der Waals surface area contributed by atoms with Crippen molar-refractivity contribution >= 4 is 17.4 Å². The van der Waals surface area contributed by atoms with Gasteiger partial charge in [-0.2, -0.15) is 0 Å². The molecular formula is C26H32N2O6. The molecule has 2 aromatic rings. The zero-order valence-corrected chi connectivity index (χ0v) is 20.3. The number of amides is 1. The Kier molecular flexibility index (Phi) is 8.17. The molecule has 3 rings (SSSR count). The van der Waals surface area contributed by atoms with E-state index >= 15 is 0 Å². The second-order valence-corrected chi connectivity index (χ2v) is 8.22. The molecule has 0 aliphatic carbocycles. The Hall–Kier alpha value is -3.52. The van der Waals surface area contributed by atoms with E-state index in [9.17, 15) is 14.7 Å². The fraction of sp³-hybridized carbons (Fsp3) is 0.385. The van der Waals surface area contributed by atoms with E-state index in [1.54, 1.807) is 24.3 Å². The van der Waals surface area contributed by atoms with Crippen LogP contribution in [0.4, 0.5) is 0 Å². The molecular weight excluding hydrogens is 436 g/mol. The molecule has 0 spiro atoms. The number of likely N-dealkylation sites (tertiary alicyclic amines) is 1. The summed E-state index contributed by atoms with van der Waals surface area (Å²) in [5, 5.41) is 11.3. The summed E-state index contributed by atoms with van der Waals surface area (Å²) < 4.78 is 16.3. The van der Waals surface area contributed by atoms with Crippen molar-refractivity contribution in [2.75, 3.05) is 48.0 Å². The fourth-order valence-corrected chi connectivity index (χ4v) is 4.09. The average molecular weight is 469 g/mol. The molecule has 8 nitrogen and oxygen atoms in total. The van der Waals surface area contributed by atoms with E-state index in [-0.39, 0.29) is 11.3 Å². The topological polar surface area (TPSA) is 88.5 Å². The average Bonchev–Trinajstić information content (AvgIpc) is 3.08. The molecule has 0 radical (unpaired) electrons. The number of rotatable bonds is 10. The highest BCUT2D eigenvalue weighted by molar-refractivity contribution is 6.46. The van der Waals surface area contributed by atoms with E-state index in [0.29, 0.717) is 47.9 Å². The molecule has 182 valence electrons. The van der Waals surface area contributed by atoms with Gasteiger partial charge in [0.05, 0.1) is 38.0 Å². The van der Waals surface area contributed by atoms with Crippen LogP contribution in [0.1, 0.15) is 30.5 Å². The molecule has 0 aromatic heterocycles. The van der Waals surface area contributed by atoms with Gasteiger partial charge in [-0.1, -0.05) is 12.1 Å². The number of carbonyl (C=O) groups is 2. The van der Waals surface area contributed by atoms with Gasteiger partial charge in [0.15, 0.2) is 0 Å². The number of hydrogen-bond acceptors (Lipinski definition) is 7. The number of Topliss-reactive ketones (excluding diaryl/α,β-unsaturated/α-hetero) is 1. The molecule has 1 aliphatic rings. The number of ketones is 1. The summed E-state index contributed by atoms with van der Waals surface area (Å²) in [6.07, 6.45) is 0.674. The lowest BCUT2D eigenvalue weighted by Crippen LogP contribution is -2.32. The second kappa shape index (κ2) is 11.1. The number of nitrogens with zero attached hydrogens (tertiary/aromatic N) is 2. The molecule has 1 fully saturated rings. The second-order valence-electron chi connectivity index (χ2n) is 8.22. The van der Waals surface area contributed by atoms with Crippen LogP contribution in [0.15, 0.2) is 48.0 Å². The number of aliphatic hydroxyl groups is 1.